The summed E-state index contributed by atoms with van der Waals surface area (Å²) in [7, 11) is 0. The number of carbonyl (C=O) groups excluding carboxylic acids is 1. The molecule has 0 bridgehead atoms. The molecular weight excluding hydrogens is 156 g/mol. The van der Waals surface area contributed by atoms with Crippen LogP contribution in [0.3, 0.4) is 0 Å². The zero-order valence-corrected chi connectivity index (χ0v) is 7.12. The highest BCUT2D eigenvalue weighted by atomic mass is 16.8. The summed E-state index contributed by atoms with van der Waals surface area (Å²) < 4.78 is 10.1. The van der Waals surface area contributed by atoms with Crippen LogP contribution in [0.1, 0.15) is 38.5 Å². The molecule has 1 saturated carbocycles. The minimum absolute atomic E-state index is 0.0535. The van der Waals surface area contributed by atoms with E-state index < -0.39 is 6.16 Å². The second kappa shape index (κ2) is 3.33. The lowest BCUT2D eigenvalue weighted by Gasteiger charge is -2.17. The van der Waals surface area contributed by atoms with Gasteiger partial charge in [-0.15, -0.1) is 0 Å². The second-order valence-corrected chi connectivity index (χ2v) is 3.55. The first-order valence-electron chi connectivity index (χ1n) is 4.73. The lowest BCUT2D eigenvalue weighted by Crippen LogP contribution is -2.23. The highest BCUT2D eigenvalue weighted by Crippen LogP contribution is 2.27. The van der Waals surface area contributed by atoms with Crippen molar-refractivity contribution in [2.45, 2.75) is 50.7 Å². The van der Waals surface area contributed by atoms with Crippen molar-refractivity contribution < 1.29 is 14.3 Å². The second-order valence-electron chi connectivity index (χ2n) is 3.55. The summed E-state index contributed by atoms with van der Waals surface area (Å²) in [6.45, 7) is 0. The van der Waals surface area contributed by atoms with E-state index in [9.17, 15) is 4.79 Å². The average molecular weight is 170 g/mol. The van der Waals surface area contributed by atoms with Crippen molar-refractivity contribution in [1.29, 1.82) is 0 Å². The van der Waals surface area contributed by atoms with Gasteiger partial charge in [-0.1, -0.05) is 12.8 Å². The van der Waals surface area contributed by atoms with Gasteiger partial charge in [-0.3, -0.25) is 0 Å². The Bertz CT molecular complexity index is 161. The van der Waals surface area contributed by atoms with Crippen LogP contribution in [0.2, 0.25) is 0 Å². The van der Waals surface area contributed by atoms with Gasteiger partial charge in [0.25, 0.3) is 0 Å². The Morgan fingerprint density at radius 2 is 1.42 bits per heavy atom. The van der Waals surface area contributed by atoms with Gasteiger partial charge in [0, 0.05) is 0 Å². The fraction of sp³-hybridized carbons (Fsp3) is 0.889. The fourth-order valence-corrected chi connectivity index (χ4v) is 1.96. The molecule has 0 aromatic carbocycles. The number of hydrogen-bond donors (Lipinski definition) is 0. The van der Waals surface area contributed by atoms with Crippen LogP contribution in [0.15, 0.2) is 0 Å². The monoisotopic (exact) mass is 170 g/mol. The molecule has 2 fully saturated rings. The molecule has 1 aliphatic heterocycles. The van der Waals surface area contributed by atoms with Gasteiger partial charge in [-0.2, -0.15) is 0 Å². The maximum atomic E-state index is 10.8. The molecule has 0 amide bonds. The van der Waals surface area contributed by atoms with Gasteiger partial charge < -0.3 is 9.47 Å². The summed E-state index contributed by atoms with van der Waals surface area (Å²) in [6, 6.07) is 0. The number of fused-ring (bicyclic) bond motifs is 1. The van der Waals surface area contributed by atoms with Crippen LogP contribution in [-0.4, -0.2) is 18.4 Å². The molecule has 3 nitrogen and oxygen atoms in total. The van der Waals surface area contributed by atoms with Gasteiger partial charge in [0.15, 0.2) is 0 Å². The lowest BCUT2D eigenvalue weighted by molar-refractivity contribution is 0.114. The van der Waals surface area contributed by atoms with Crippen LogP contribution in [0.5, 0.6) is 0 Å². The summed E-state index contributed by atoms with van der Waals surface area (Å²) in [5.74, 6) is 0. The molecule has 2 atom stereocenters. The van der Waals surface area contributed by atoms with Crippen molar-refractivity contribution in [3.05, 3.63) is 0 Å². The highest BCUT2D eigenvalue weighted by Gasteiger charge is 2.36. The molecule has 0 spiro atoms. The minimum Gasteiger partial charge on any atom is -0.427 e. The molecular formula is C9H14O3. The Kier molecular flexibility index (Phi) is 2.19. The molecule has 1 heterocycles. The molecule has 0 unspecified atom stereocenters. The maximum absolute atomic E-state index is 10.8. The van der Waals surface area contributed by atoms with Crippen LogP contribution >= 0.6 is 0 Å². The standard InChI is InChI=1S/C9H14O3/c10-9-11-7-5-3-1-2-4-6-8(7)12-9/h7-8H,1-6H2/t7-,8-/m1/s1. The van der Waals surface area contributed by atoms with Crippen molar-refractivity contribution in [2.24, 2.45) is 0 Å². The molecule has 0 aromatic heterocycles. The Hall–Kier alpha value is -0.730. The molecule has 0 N–H and O–H groups in total. The number of rotatable bonds is 0. The van der Waals surface area contributed by atoms with Crippen LogP contribution in [0.4, 0.5) is 4.79 Å². The molecule has 0 aromatic rings. The third-order valence-electron chi connectivity index (χ3n) is 2.64. The third-order valence-corrected chi connectivity index (χ3v) is 2.64. The molecule has 1 saturated heterocycles. The van der Waals surface area contributed by atoms with Crippen LogP contribution in [0, 0.1) is 0 Å². The highest BCUT2D eigenvalue weighted by molar-refractivity contribution is 5.62. The Morgan fingerprint density at radius 3 is 1.92 bits per heavy atom. The summed E-state index contributed by atoms with van der Waals surface area (Å²) in [5.41, 5.74) is 0. The molecule has 1 aliphatic carbocycles. The smallest absolute Gasteiger partial charge is 0.427 e. The number of ether oxygens (including phenoxy) is 2. The van der Waals surface area contributed by atoms with Gasteiger partial charge in [0.05, 0.1) is 0 Å². The maximum Gasteiger partial charge on any atom is 0.509 e. The summed E-state index contributed by atoms with van der Waals surface area (Å²) in [5, 5.41) is 0. The van der Waals surface area contributed by atoms with Crippen molar-refractivity contribution in [1.82, 2.24) is 0 Å². The number of carbonyl (C=O) groups is 1. The summed E-state index contributed by atoms with van der Waals surface area (Å²) in [6.07, 6.45) is 6.46. The van der Waals surface area contributed by atoms with E-state index in [2.05, 4.69) is 0 Å². The Balaban J connectivity index is 1.96. The van der Waals surface area contributed by atoms with E-state index in [0.29, 0.717) is 0 Å². The van der Waals surface area contributed by atoms with Gasteiger partial charge in [0.2, 0.25) is 0 Å². The predicted molar refractivity (Wildman–Crippen MR) is 42.8 cm³/mol. The molecule has 3 heteroatoms. The van der Waals surface area contributed by atoms with Gasteiger partial charge in [0.1, 0.15) is 12.2 Å². The lowest BCUT2D eigenvalue weighted by atomic mass is 9.96. The Morgan fingerprint density at radius 1 is 0.917 bits per heavy atom. The van der Waals surface area contributed by atoms with Gasteiger partial charge in [-0.05, 0) is 25.7 Å². The van der Waals surface area contributed by atoms with Crippen LogP contribution in [-0.2, 0) is 9.47 Å². The van der Waals surface area contributed by atoms with E-state index in [1.165, 1.54) is 12.8 Å². The predicted octanol–water partition coefficient (Wildman–Crippen LogP) is 2.24. The zero-order valence-electron chi connectivity index (χ0n) is 7.12. The average Bonchev–Trinajstić information content (AvgIpc) is 2.32. The molecule has 2 rings (SSSR count). The minimum atomic E-state index is -0.466. The van der Waals surface area contributed by atoms with Crippen molar-refractivity contribution in [2.75, 3.05) is 0 Å². The molecule has 12 heavy (non-hydrogen) atoms. The third kappa shape index (κ3) is 1.54. The van der Waals surface area contributed by atoms with Crippen molar-refractivity contribution in [3.63, 3.8) is 0 Å². The summed E-state index contributed by atoms with van der Waals surface area (Å²) >= 11 is 0. The first-order chi connectivity index (χ1) is 5.86. The fourth-order valence-electron chi connectivity index (χ4n) is 1.96. The van der Waals surface area contributed by atoms with Crippen LogP contribution < -0.4 is 0 Å². The zero-order chi connectivity index (χ0) is 8.39. The molecule has 0 radical (unpaired) electrons. The Labute approximate surface area is 72.0 Å². The van der Waals surface area contributed by atoms with Gasteiger partial charge in [-0.25, -0.2) is 4.79 Å². The van der Waals surface area contributed by atoms with E-state index in [-0.39, 0.29) is 12.2 Å². The van der Waals surface area contributed by atoms with Crippen LogP contribution in [0.25, 0.3) is 0 Å². The van der Waals surface area contributed by atoms with Gasteiger partial charge >= 0.3 is 6.16 Å². The first kappa shape index (κ1) is 7.90. The summed E-state index contributed by atoms with van der Waals surface area (Å²) in [4.78, 5) is 10.8. The topological polar surface area (TPSA) is 35.5 Å². The normalized spacial score (nSPS) is 35.8. The molecule has 2 aliphatic rings. The van der Waals surface area contributed by atoms with Crippen molar-refractivity contribution >= 4 is 6.16 Å². The first-order valence-corrected chi connectivity index (χ1v) is 4.73. The van der Waals surface area contributed by atoms with E-state index in [4.69, 9.17) is 9.47 Å². The van der Waals surface area contributed by atoms with E-state index in [1.807, 2.05) is 0 Å². The SMILES string of the molecule is O=C1O[C@@H]2CCCCCC[C@H]2O1. The quantitative estimate of drug-likeness (QED) is 0.523. The number of hydrogen-bond acceptors (Lipinski definition) is 3. The van der Waals surface area contributed by atoms with E-state index in [0.717, 1.165) is 25.7 Å². The van der Waals surface area contributed by atoms with E-state index >= 15 is 0 Å². The van der Waals surface area contributed by atoms with Crippen molar-refractivity contribution in [3.8, 4) is 0 Å². The largest absolute Gasteiger partial charge is 0.509 e. The molecule has 68 valence electrons. The van der Waals surface area contributed by atoms with E-state index in [1.54, 1.807) is 0 Å².